The third kappa shape index (κ3) is 5.64. The lowest BCUT2D eigenvalue weighted by Gasteiger charge is -2.28. The average molecular weight is 438 g/mol. The zero-order chi connectivity index (χ0) is 22.5. The fourth-order valence-electron chi connectivity index (χ4n) is 3.59. The van der Waals surface area contributed by atoms with E-state index in [0.29, 0.717) is 23.8 Å². The Kier molecular flexibility index (Phi) is 7.33. The fraction of sp³-hybridized carbons (Fsp3) is 0.360. The van der Waals surface area contributed by atoms with Crippen LogP contribution < -0.4 is 15.6 Å². The minimum absolute atomic E-state index is 0.0800. The normalized spacial score (nSPS) is 11.9. The molecule has 164 valence electrons. The molecule has 0 saturated carbocycles. The molecule has 5 nitrogen and oxygen atoms in total. The number of ether oxygens (including phenoxy) is 1. The van der Waals surface area contributed by atoms with Gasteiger partial charge in [0.1, 0.15) is 5.75 Å². The minimum atomic E-state index is -0.0800. The van der Waals surface area contributed by atoms with Gasteiger partial charge in [0.05, 0.1) is 13.7 Å². The number of aryl methyl sites for hydroxylation is 2. The largest absolute Gasteiger partial charge is 0.497 e. The Hall–Kier alpha value is -2.86. The Morgan fingerprint density at radius 3 is 2.52 bits per heavy atom. The smallest absolute Gasteiger partial charge is 0.253 e. The topological polar surface area (TPSA) is 57.4 Å². The second-order valence-electron chi connectivity index (χ2n) is 8.13. The van der Waals surface area contributed by atoms with Crippen LogP contribution >= 0.6 is 12.2 Å². The Labute approximate surface area is 189 Å². The van der Waals surface area contributed by atoms with E-state index in [-0.39, 0.29) is 11.6 Å². The number of hydrogen-bond donors (Lipinski definition) is 2. The molecule has 0 bridgehead atoms. The molecule has 3 aromatic rings. The SMILES string of the molecule is CC[C@@H](C)NC(=S)N(Cc1ccc(OC)cc1)Cc1cc2c(C)cc(C)cc2[nH]c1=O. The maximum Gasteiger partial charge on any atom is 0.253 e. The van der Waals surface area contributed by atoms with Gasteiger partial charge in [-0.3, -0.25) is 4.79 Å². The Balaban J connectivity index is 1.94. The summed E-state index contributed by atoms with van der Waals surface area (Å²) in [4.78, 5) is 18.0. The number of nitrogens with one attached hydrogen (secondary N) is 2. The minimum Gasteiger partial charge on any atom is -0.497 e. The van der Waals surface area contributed by atoms with Gasteiger partial charge in [0.2, 0.25) is 0 Å². The van der Waals surface area contributed by atoms with Crippen molar-refractivity contribution in [1.29, 1.82) is 0 Å². The number of hydrogen-bond acceptors (Lipinski definition) is 3. The summed E-state index contributed by atoms with van der Waals surface area (Å²) >= 11 is 5.72. The van der Waals surface area contributed by atoms with Gasteiger partial charge in [-0.15, -0.1) is 0 Å². The van der Waals surface area contributed by atoms with Crippen LogP contribution in [0.2, 0.25) is 0 Å². The van der Waals surface area contributed by atoms with Gasteiger partial charge in [-0.25, -0.2) is 0 Å². The van der Waals surface area contributed by atoms with E-state index in [1.165, 1.54) is 0 Å². The second kappa shape index (κ2) is 9.96. The zero-order valence-electron chi connectivity index (χ0n) is 18.9. The third-order valence-corrected chi connectivity index (χ3v) is 5.93. The molecule has 1 heterocycles. The van der Waals surface area contributed by atoms with E-state index in [0.717, 1.165) is 39.8 Å². The number of methoxy groups -OCH3 is 1. The lowest BCUT2D eigenvalue weighted by atomic mass is 10.0. The molecule has 0 fully saturated rings. The van der Waals surface area contributed by atoms with E-state index in [1.807, 2.05) is 48.2 Å². The molecule has 2 aromatic carbocycles. The summed E-state index contributed by atoms with van der Waals surface area (Å²) in [6.07, 6.45) is 0.964. The monoisotopic (exact) mass is 437 g/mol. The van der Waals surface area contributed by atoms with E-state index >= 15 is 0 Å². The molecular weight excluding hydrogens is 406 g/mol. The highest BCUT2D eigenvalue weighted by Crippen LogP contribution is 2.20. The van der Waals surface area contributed by atoms with Gasteiger partial charge in [-0.05, 0) is 80.4 Å². The van der Waals surface area contributed by atoms with Crippen LogP contribution in [0.15, 0.2) is 47.3 Å². The lowest BCUT2D eigenvalue weighted by molar-refractivity contribution is 0.389. The van der Waals surface area contributed by atoms with Crippen molar-refractivity contribution in [2.24, 2.45) is 0 Å². The van der Waals surface area contributed by atoms with Gasteiger partial charge in [0.25, 0.3) is 5.56 Å². The predicted octanol–water partition coefficient (Wildman–Crippen LogP) is 4.83. The average Bonchev–Trinajstić information content (AvgIpc) is 2.74. The number of benzene rings is 2. The van der Waals surface area contributed by atoms with Crippen molar-refractivity contribution in [3.63, 3.8) is 0 Å². The number of aromatic amines is 1. The fourth-order valence-corrected chi connectivity index (χ4v) is 3.92. The Bertz CT molecular complexity index is 1120. The summed E-state index contributed by atoms with van der Waals surface area (Å²) in [5, 5.41) is 5.09. The maximum absolute atomic E-state index is 12.9. The molecule has 2 N–H and O–H groups in total. The summed E-state index contributed by atoms with van der Waals surface area (Å²) in [7, 11) is 1.65. The maximum atomic E-state index is 12.9. The van der Waals surface area contributed by atoms with Gasteiger partial charge in [0, 0.05) is 29.1 Å². The molecule has 1 aromatic heterocycles. The van der Waals surface area contributed by atoms with Crippen LogP contribution in [0.4, 0.5) is 0 Å². The highest BCUT2D eigenvalue weighted by atomic mass is 32.1. The molecule has 0 spiro atoms. The van der Waals surface area contributed by atoms with Crippen LogP contribution in [0.5, 0.6) is 5.75 Å². The van der Waals surface area contributed by atoms with Crippen molar-refractivity contribution in [2.45, 2.75) is 53.2 Å². The molecular formula is C25H31N3O2S. The van der Waals surface area contributed by atoms with Gasteiger partial charge in [-0.2, -0.15) is 0 Å². The highest BCUT2D eigenvalue weighted by molar-refractivity contribution is 7.80. The van der Waals surface area contributed by atoms with E-state index < -0.39 is 0 Å². The third-order valence-electron chi connectivity index (χ3n) is 5.55. The molecule has 0 saturated heterocycles. The van der Waals surface area contributed by atoms with Crippen LogP contribution in [0.3, 0.4) is 0 Å². The standard InChI is InChI=1S/C25H31N3O2S/c1-6-18(4)26-25(31)28(14-19-7-9-21(30-5)10-8-19)15-20-13-22-17(3)11-16(2)12-23(22)27-24(20)29/h7-13,18H,6,14-15H2,1-5H3,(H,26,31)(H,27,29)/t18-/m1/s1. The molecule has 3 rings (SSSR count). The number of thiocarbonyl (C=S) groups is 1. The molecule has 0 amide bonds. The number of pyridine rings is 1. The summed E-state index contributed by atoms with van der Waals surface area (Å²) < 4.78 is 5.26. The van der Waals surface area contributed by atoms with Crippen LogP contribution in [-0.2, 0) is 13.1 Å². The first-order valence-corrected chi connectivity index (χ1v) is 11.0. The number of fused-ring (bicyclic) bond motifs is 1. The Morgan fingerprint density at radius 2 is 1.87 bits per heavy atom. The summed E-state index contributed by atoms with van der Waals surface area (Å²) in [6.45, 7) is 9.35. The predicted molar refractivity (Wildman–Crippen MR) is 132 cm³/mol. The van der Waals surface area contributed by atoms with Gasteiger partial charge in [0.15, 0.2) is 5.11 Å². The molecule has 0 radical (unpaired) electrons. The van der Waals surface area contributed by atoms with Crippen LogP contribution in [0.1, 0.15) is 42.5 Å². The number of rotatable bonds is 7. The molecule has 0 aliphatic carbocycles. The summed E-state index contributed by atoms with van der Waals surface area (Å²) in [5.41, 5.74) is 4.86. The molecule has 0 aliphatic rings. The van der Waals surface area contributed by atoms with Crippen molar-refractivity contribution < 1.29 is 4.74 Å². The van der Waals surface area contributed by atoms with Gasteiger partial charge < -0.3 is 19.9 Å². The summed E-state index contributed by atoms with van der Waals surface area (Å²) in [5.74, 6) is 0.812. The molecule has 1 atom stereocenters. The number of nitrogens with zero attached hydrogens (tertiary/aromatic N) is 1. The molecule has 6 heteroatoms. The second-order valence-corrected chi connectivity index (χ2v) is 8.52. The quantitative estimate of drug-likeness (QED) is 0.519. The van der Waals surface area contributed by atoms with E-state index in [4.69, 9.17) is 17.0 Å². The van der Waals surface area contributed by atoms with Gasteiger partial charge >= 0.3 is 0 Å². The van der Waals surface area contributed by atoms with Gasteiger partial charge in [-0.1, -0.05) is 25.1 Å². The van der Waals surface area contributed by atoms with Crippen LogP contribution in [0, 0.1) is 13.8 Å². The number of aromatic nitrogens is 1. The molecule has 0 aliphatic heterocycles. The first kappa shape index (κ1) is 22.8. The number of H-pyrrole nitrogens is 1. The van der Waals surface area contributed by atoms with Crippen molar-refractivity contribution in [1.82, 2.24) is 15.2 Å². The Morgan fingerprint density at radius 1 is 1.16 bits per heavy atom. The van der Waals surface area contributed by atoms with E-state index in [9.17, 15) is 4.79 Å². The molecule has 31 heavy (non-hydrogen) atoms. The lowest BCUT2D eigenvalue weighted by Crippen LogP contribution is -2.43. The highest BCUT2D eigenvalue weighted by Gasteiger charge is 2.16. The van der Waals surface area contributed by atoms with Crippen molar-refractivity contribution >= 4 is 28.2 Å². The first-order valence-electron chi connectivity index (χ1n) is 10.6. The van der Waals surface area contributed by atoms with Crippen LogP contribution in [0.25, 0.3) is 10.9 Å². The first-order chi connectivity index (χ1) is 14.8. The van der Waals surface area contributed by atoms with Crippen molar-refractivity contribution in [3.05, 3.63) is 75.1 Å². The van der Waals surface area contributed by atoms with Crippen LogP contribution in [-0.4, -0.2) is 28.1 Å². The van der Waals surface area contributed by atoms with E-state index in [2.05, 4.69) is 37.1 Å². The van der Waals surface area contributed by atoms with Crippen molar-refractivity contribution in [3.8, 4) is 5.75 Å². The molecule has 0 unspecified atom stereocenters. The zero-order valence-corrected chi connectivity index (χ0v) is 19.7. The van der Waals surface area contributed by atoms with E-state index in [1.54, 1.807) is 7.11 Å². The summed E-state index contributed by atoms with van der Waals surface area (Å²) in [6, 6.07) is 14.3. The van der Waals surface area contributed by atoms with Crippen molar-refractivity contribution in [2.75, 3.05) is 7.11 Å².